The molecule has 22 heavy (non-hydrogen) atoms. The van der Waals surface area contributed by atoms with Gasteiger partial charge in [-0.2, -0.15) is 0 Å². The Labute approximate surface area is 133 Å². The molecule has 118 valence electrons. The Morgan fingerprint density at radius 2 is 1.95 bits per heavy atom. The fraction of sp³-hybridized carbons (Fsp3) is 0.500. The third-order valence-corrected chi connectivity index (χ3v) is 5.11. The van der Waals surface area contributed by atoms with Crippen molar-refractivity contribution >= 4 is 33.4 Å². The summed E-state index contributed by atoms with van der Waals surface area (Å²) in [5, 5.41) is 4.77. The van der Waals surface area contributed by atoms with Crippen LogP contribution in [0.4, 0.5) is 0 Å². The summed E-state index contributed by atoms with van der Waals surface area (Å²) in [6.07, 6.45) is 4.51. The summed E-state index contributed by atoms with van der Waals surface area (Å²) in [6, 6.07) is 3.88. The van der Waals surface area contributed by atoms with Crippen molar-refractivity contribution in [3.05, 3.63) is 23.2 Å². The average molecular weight is 319 g/mol. The third kappa shape index (κ3) is 3.02. The molecule has 1 fully saturated rings. The number of aromatic nitrogens is 1. The van der Waals surface area contributed by atoms with Gasteiger partial charge in [0.25, 0.3) is 5.91 Å². The standard InChI is InChI=1S/C16H21N3O2S/c1-18-12-6-9-22-14(12)10-13(18)16(21)17-11-15(20)19-7-4-2-3-5-8-19/h6,9-10H,2-5,7-8,11H2,1H3,(H,17,21). The van der Waals surface area contributed by atoms with Crippen molar-refractivity contribution < 1.29 is 9.59 Å². The van der Waals surface area contributed by atoms with Gasteiger partial charge in [-0.1, -0.05) is 12.8 Å². The van der Waals surface area contributed by atoms with Crippen LogP contribution < -0.4 is 5.32 Å². The van der Waals surface area contributed by atoms with Crippen LogP contribution in [0.2, 0.25) is 0 Å². The first-order chi connectivity index (χ1) is 10.7. The van der Waals surface area contributed by atoms with Crippen LogP contribution in [0.5, 0.6) is 0 Å². The van der Waals surface area contributed by atoms with Gasteiger partial charge in [0.1, 0.15) is 5.69 Å². The second-order valence-corrected chi connectivity index (χ2v) is 6.68. The molecule has 1 aliphatic heterocycles. The van der Waals surface area contributed by atoms with Crippen LogP contribution in [-0.4, -0.2) is 40.9 Å². The number of aryl methyl sites for hydroxylation is 1. The molecule has 0 radical (unpaired) electrons. The molecule has 2 aromatic heterocycles. The van der Waals surface area contributed by atoms with E-state index in [2.05, 4.69) is 5.32 Å². The fourth-order valence-electron chi connectivity index (χ4n) is 2.95. The SMILES string of the molecule is Cn1c(C(=O)NCC(=O)N2CCCCCC2)cc2sccc21. The number of thiophene rings is 1. The highest BCUT2D eigenvalue weighted by Crippen LogP contribution is 2.24. The lowest BCUT2D eigenvalue weighted by Gasteiger charge is -2.20. The molecule has 0 spiro atoms. The molecule has 0 unspecified atom stereocenters. The van der Waals surface area contributed by atoms with Crippen LogP contribution in [0.15, 0.2) is 17.5 Å². The number of carbonyl (C=O) groups is 2. The first kappa shape index (κ1) is 15.1. The molecule has 0 saturated carbocycles. The van der Waals surface area contributed by atoms with Gasteiger partial charge in [-0.25, -0.2) is 0 Å². The molecule has 0 bridgehead atoms. The van der Waals surface area contributed by atoms with Gasteiger partial charge in [-0.05, 0) is 30.4 Å². The van der Waals surface area contributed by atoms with Crippen LogP contribution in [0.1, 0.15) is 36.2 Å². The lowest BCUT2D eigenvalue weighted by Crippen LogP contribution is -2.41. The van der Waals surface area contributed by atoms with E-state index in [1.807, 2.05) is 34.0 Å². The highest BCUT2D eigenvalue weighted by atomic mass is 32.1. The Morgan fingerprint density at radius 3 is 2.64 bits per heavy atom. The van der Waals surface area contributed by atoms with E-state index >= 15 is 0 Å². The zero-order valence-corrected chi connectivity index (χ0v) is 13.6. The molecule has 1 saturated heterocycles. The summed E-state index contributed by atoms with van der Waals surface area (Å²) in [5.74, 6) is -0.166. The summed E-state index contributed by atoms with van der Waals surface area (Å²) in [5.41, 5.74) is 1.65. The Bertz CT molecular complexity index is 681. The Hall–Kier alpha value is -1.82. The van der Waals surface area contributed by atoms with E-state index in [1.54, 1.807) is 11.3 Å². The van der Waals surface area contributed by atoms with Crippen molar-refractivity contribution in [2.45, 2.75) is 25.7 Å². The van der Waals surface area contributed by atoms with Gasteiger partial charge >= 0.3 is 0 Å². The van der Waals surface area contributed by atoms with Gasteiger partial charge in [0, 0.05) is 20.1 Å². The lowest BCUT2D eigenvalue weighted by molar-refractivity contribution is -0.130. The topological polar surface area (TPSA) is 54.3 Å². The van der Waals surface area contributed by atoms with Crippen molar-refractivity contribution in [2.75, 3.05) is 19.6 Å². The molecule has 0 aromatic carbocycles. The number of amides is 2. The monoisotopic (exact) mass is 319 g/mol. The first-order valence-corrected chi connectivity index (χ1v) is 8.63. The molecule has 5 nitrogen and oxygen atoms in total. The van der Waals surface area contributed by atoms with E-state index in [0.29, 0.717) is 5.69 Å². The molecule has 6 heteroatoms. The molecule has 2 aromatic rings. The summed E-state index contributed by atoms with van der Waals surface area (Å²) in [6.45, 7) is 1.71. The predicted molar refractivity (Wildman–Crippen MR) is 88.2 cm³/mol. The number of likely N-dealkylation sites (tertiary alicyclic amines) is 1. The molecular formula is C16H21N3O2S. The first-order valence-electron chi connectivity index (χ1n) is 7.76. The highest BCUT2D eigenvalue weighted by molar-refractivity contribution is 7.17. The molecule has 3 rings (SSSR count). The van der Waals surface area contributed by atoms with Crippen molar-refractivity contribution in [1.29, 1.82) is 0 Å². The van der Waals surface area contributed by atoms with E-state index < -0.39 is 0 Å². The maximum absolute atomic E-state index is 12.3. The summed E-state index contributed by atoms with van der Waals surface area (Å²) in [4.78, 5) is 26.4. The van der Waals surface area contributed by atoms with Crippen LogP contribution in [0.3, 0.4) is 0 Å². The van der Waals surface area contributed by atoms with Gasteiger partial charge in [-0.15, -0.1) is 11.3 Å². The lowest BCUT2D eigenvalue weighted by atomic mass is 10.2. The van der Waals surface area contributed by atoms with Gasteiger partial charge < -0.3 is 14.8 Å². The summed E-state index contributed by atoms with van der Waals surface area (Å²) in [7, 11) is 1.88. The van der Waals surface area contributed by atoms with Crippen molar-refractivity contribution in [3.8, 4) is 0 Å². The molecule has 1 N–H and O–H groups in total. The molecule has 2 amide bonds. The van der Waals surface area contributed by atoms with E-state index in [-0.39, 0.29) is 18.4 Å². The number of nitrogens with zero attached hydrogens (tertiary/aromatic N) is 2. The number of hydrogen-bond acceptors (Lipinski definition) is 3. The van der Waals surface area contributed by atoms with E-state index in [0.717, 1.165) is 36.1 Å². The maximum Gasteiger partial charge on any atom is 0.268 e. The quantitative estimate of drug-likeness (QED) is 0.944. The largest absolute Gasteiger partial charge is 0.342 e. The number of hydrogen-bond donors (Lipinski definition) is 1. The van der Waals surface area contributed by atoms with Gasteiger partial charge in [0.15, 0.2) is 0 Å². The van der Waals surface area contributed by atoms with E-state index in [1.165, 1.54) is 12.8 Å². The zero-order valence-electron chi connectivity index (χ0n) is 12.8. The minimum Gasteiger partial charge on any atom is -0.342 e. The molecular weight excluding hydrogens is 298 g/mol. The molecule has 0 aliphatic carbocycles. The third-order valence-electron chi connectivity index (χ3n) is 4.26. The van der Waals surface area contributed by atoms with Crippen LogP contribution in [0, 0.1) is 0 Å². The highest BCUT2D eigenvalue weighted by Gasteiger charge is 2.18. The minimum atomic E-state index is -0.186. The Balaban J connectivity index is 1.60. The van der Waals surface area contributed by atoms with E-state index in [9.17, 15) is 9.59 Å². The second-order valence-electron chi connectivity index (χ2n) is 5.74. The number of rotatable bonds is 3. The summed E-state index contributed by atoms with van der Waals surface area (Å²) < 4.78 is 2.96. The summed E-state index contributed by atoms with van der Waals surface area (Å²) >= 11 is 1.61. The Kier molecular flexibility index (Phi) is 4.47. The smallest absolute Gasteiger partial charge is 0.268 e. The van der Waals surface area contributed by atoms with Gasteiger partial charge in [0.05, 0.1) is 16.8 Å². The Morgan fingerprint density at radius 1 is 1.23 bits per heavy atom. The van der Waals surface area contributed by atoms with Crippen molar-refractivity contribution in [3.63, 3.8) is 0 Å². The fourth-order valence-corrected chi connectivity index (χ4v) is 3.80. The molecule has 1 aliphatic rings. The van der Waals surface area contributed by atoms with E-state index in [4.69, 9.17) is 0 Å². The molecule has 3 heterocycles. The normalized spacial score (nSPS) is 15.8. The van der Waals surface area contributed by atoms with Crippen molar-refractivity contribution in [2.24, 2.45) is 7.05 Å². The average Bonchev–Trinajstić information content (AvgIpc) is 2.97. The van der Waals surface area contributed by atoms with Crippen LogP contribution in [0.25, 0.3) is 10.2 Å². The number of fused-ring (bicyclic) bond motifs is 1. The van der Waals surface area contributed by atoms with Gasteiger partial charge in [0.2, 0.25) is 5.91 Å². The van der Waals surface area contributed by atoms with Crippen molar-refractivity contribution in [1.82, 2.24) is 14.8 Å². The van der Waals surface area contributed by atoms with Gasteiger partial charge in [-0.3, -0.25) is 9.59 Å². The zero-order chi connectivity index (χ0) is 15.5. The minimum absolute atomic E-state index is 0.0197. The van der Waals surface area contributed by atoms with Crippen LogP contribution >= 0.6 is 11.3 Å². The van der Waals surface area contributed by atoms with Crippen LogP contribution in [-0.2, 0) is 11.8 Å². The predicted octanol–water partition coefficient (Wildman–Crippen LogP) is 2.37. The number of nitrogens with one attached hydrogen (secondary N) is 1. The number of carbonyl (C=O) groups excluding carboxylic acids is 2. The molecule has 0 atom stereocenters. The maximum atomic E-state index is 12.3. The second kappa shape index (κ2) is 6.52.